The van der Waals surface area contributed by atoms with E-state index in [-0.39, 0.29) is 12.2 Å². The van der Waals surface area contributed by atoms with Crippen molar-refractivity contribution >= 4 is 0 Å². The number of allylic oxidation sites excluding steroid dienone is 2. The first-order valence-corrected chi connectivity index (χ1v) is 14.5. The first-order chi connectivity index (χ1) is 17.3. The SMILES string of the molecule is CCCCCC1CCC(c2ccc(C3CCC(C4CCC(C(F)=CC(F)(F)F)CC4)CC3)cc2)OC1. The maximum absolute atomic E-state index is 13.9. The molecule has 1 nitrogen and oxygen atoms in total. The second-order valence-corrected chi connectivity index (χ2v) is 11.7. The third-order valence-electron chi connectivity index (χ3n) is 9.27. The van der Waals surface area contributed by atoms with Crippen LogP contribution in [0.1, 0.15) is 120 Å². The van der Waals surface area contributed by atoms with Gasteiger partial charge in [0.15, 0.2) is 0 Å². The summed E-state index contributed by atoms with van der Waals surface area (Å²) in [4.78, 5) is 0. The van der Waals surface area contributed by atoms with Gasteiger partial charge in [-0.2, -0.15) is 13.2 Å². The lowest BCUT2D eigenvalue weighted by Gasteiger charge is -2.38. The molecule has 0 bridgehead atoms. The first kappa shape index (κ1) is 27.7. The van der Waals surface area contributed by atoms with Crippen molar-refractivity contribution in [2.75, 3.05) is 6.61 Å². The van der Waals surface area contributed by atoms with Gasteiger partial charge in [0, 0.05) is 5.92 Å². The molecule has 2 atom stereocenters. The Labute approximate surface area is 215 Å². The Bertz CT molecular complexity index is 806. The number of benzene rings is 1. The number of alkyl halides is 3. The van der Waals surface area contributed by atoms with E-state index in [0.717, 1.165) is 31.8 Å². The van der Waals surface area contributed by atoms with Crippen molar-refractivity contribution in [2.45, 2.75) is 115 Å². The Kier molecular flexibility index (Phi) is 9.94. The molecule has 202 valence electrons. The first-order valence-electron chi connectivity index (χ1n) is 14.5. The van der Waals surface area contributed by atoms with Crippen molar-refractivity contribution in [1.29, 1.82) is 0 Å². The molecule has 3 fully saturated rings. The topological polar surface area (TPSA) is 9.23 Å². The van der Waals surface area contributed by atoms with Crippen molar-refractivity contribution in [2.24, 2.45) is 23.7 Å². The molecule has 0 amide bonds. The summed E-state index contributed by atoms with van der Waals surface area (Å²) in [5.41, 5.74) is 2.73. The number of hydrogen-bond donors (Lipinski definition) is 0. The van der Waals surface area contributed by atoms with E-state index in [0.29, 0.717) is 30.6 Å². The summed E-state index contributed by atoms with van der Waals surface area (Å²) in [7, 11) is 0. The lowest BCUT2D eigenvalue weighted by Crippen LogP contribution is -2.26. The van der Waals surface area contributed by atoms with Gasteiger partial charge in [-0.05, 0) is 105 Å². The fraction of sp³-hybridized carbons (Fsp3) is 0.742. The molecule has 1 saturated heterocycles. The molecule has 5 heteroatoms. The molecule has 0 N–H and O–H groups in total. The summed E-state index contributed by atoms with van der Waals surface area (Å²) in [6.45, 7) is 3.15. The zero-order valence-electron chi connectivity index (χ0n) is 21.9. The molecule has 36 heavy (non-hydrogen) atoms. The minimum atomic E-state index is -4.56. The molecule has 0 spiro atoms. The van der Waals surface area contributed by atoms with Gasteiger partial charge in [0.1, 0.15) is 5.83 Å². The van der Waals surface area contributed by atoms with Crippen molar-refractivity contribution in [3.63, 3.8) is 0 Å². The number of halogens is 4. The van der Waals surface area contributed by atoms with Gasteiger partial charge in [0.25, 0.3) is 0 Å². The Balaban J connectivity index is 1.19. The highest BCUT2D eigenvalue weighted by atomic mass is 19.4. The van der Waals surface area contributed by atoms with Crippen LogP contribution in [0.2, 0.25) is 0 Å². The lowest BCUT2D eigenvalue weighted by molar-refractivity contribution is -0.0821. The average Bonchev–Trinajstić information content (AvgIpc) is 2.89. The molecule has 0 aromatic heterocycles. The maximum atomic E-state index is 13.9. The number of ether oxygens (including phenoxy) is 1. The van der Waals surface area contributed by atoms with Crippen LogP contribution < -0.4 is 0 Å². The highest BCUT2D eigenvalue weighted by Crippen LogP contribution is 2.45. The molecule has 1 aromatic rings. The van der Waals surface area contributed by atoms with Crippen molar-refractivity contribution in [3.8, 4) is 0 Å². The van der Waals surface area contributed by atoms with Gasteiger partial charge in [-0.25, -0.2) is 4.39 Å². The standard InChI is InChI=1S/C31H44F4O/c1-2-3-4-5-22-6-19-30(36-21-22)28-17-13-26(14-18-28)24-9-7-23(8-10-24)25-11-15-27(16-12-25)29(32)20-31(33,34)35/h13-14,17-18,20,22-25,27,30H,2-12,15-16,19,21H2,1H3. The molecule has 4 rings (SSSR count). The summed E-state index contributed by atoms with van der Waals surface area (Å²) >= 11 is 0. The van der Waals surface area contributed by atoms with E-state index in [1.54, 1.807) is 0 Å². The molecule has 1 aromatic carbocycles. The summed E-state index contributed by atoms with van der Waals surface area (Å²) in [6, 6.07) is 9.15. The van der Waals surface area contributed by atoms with Crippen LogP contribution in [0.5, 0.6) is 0 Å². The fourth-order valence-electron chi connectivity index (χ4n) is 7.03. The molecular formula is C31H44F4O. The van der Waals surface area contributed by atoms with Crippen molar-refractivity contribution in [3.05, 3.63) is 47.3 Å². The molecule has 2 aliphatic carbocycles. The molecule has 0 radical (unpaired) electrons. The average molecular weight is 509 g/mol. The van der Waals surface area contributed by atoms with Crippen LogP contribution in [0, 0.1) is 23.7 Å². The second-order valence-electron chi connectivity index (χ2n) is 11.7. The van der Waals surface area contributed by atoms with Crippen LogP contribution >= 0.6 is 0 Å². The van der Waals surface area contributed by atoms with Crippen LogP contribution in [0.15, 0.2) is 36.2 Å². The van der Waals surface area contributed by atoms with Gasteiger partial charge in [-0.1, -0.05) is 50.5 Å². The third-order valence-corrected chi connectivity index (χ3v) is 9.27. The van der Waals surface area contributed by atoms with Crippen LogP contribution in [0.3, 0.4) is 0 Å². The summed E-state index contributed by atoms with van der Waals surface area (Å²) in [5.74, 6) is 0.979. The Morgan fingerprint density at radius 3 is 2.00 bits per heavy atom. The van der Waals surface area contributed by atoms with Gasteiger partial charge in [0.2, 0.25) is 0 Å². The van der Waals surface area contributed by atoms with Gasteiger partial charge in [0.05, 0.1) is 18.8 Å². The van der Waals surface area contributed by atoms with Gasteiger partial charge < -0.3 is 4.74 Å². The van der Waals surface area contributed by atoms with E-state index in [4.69, 9.17) is 4.74 Å². The number of rotatable bonds is 8. The number of unbranched alkanes of at least 4 members (excludes halogenated alkanes) is 2. The monoisotopic (exact) mass is 508 g/mol. The van der Waals surface area contributed by atoms with Gasteiger partial charge in [-0.15, -0.1) is 0 Å². The Morgan fingerprint density at radius 2 is 1.44 bits per heavy atom. The van der Waals surface area contributed by atoms with Crippen molar-refractivity contribution in [1.82, 2.24) is 0 Å². The largest absolute Gasteiger partial charge is 0.412 e. The molecule has 2 saturated carbocycles. The Hall–Kier alpha value is -1.36. The van der Waals surface area contributed by atoms with E-state index < -0.39 is 17.9 Å². The summed E-state index contributed by atoms with van der Waals surface area (Å²) in [5, 5.41) is 0. The van der Waals surface area contributed by atoms with E-state index in [1.165, 1.54) is 68.9 Å². The molecule has 1 aliphatic heterocycles. The van der Waals surface area contributed by atoms with Crippen molar-refractivity contribution < 1.29 is 22.3 Å². The van der Waals surface area contributed by atoms with Crippen LogP contribution in [-0.4, -0.2) is 12.8 Å². The Morgan fingerprint density at radius 1 is 0.833 bits per heavy atom. The number of hydrogen-bond acceptors (Lipinski definition) is 1. The highest BCUT2D eigenvalue weighted by Gasteiger charge is 2.34. The smallest absolute Gasteiger partial charge is 0.373 e. The molecule has 3 aliphatic rings. The van der Waals surface area contributed by atoms with E-state index in [9.17, 15) is 17.6 Å². The lowest BCUT2D eigenvalue weighted by atomic mass is 9.68. The third kappa shape index (κ3) is 7.82. The minimum Gasteiger partial charge on any atom is -0.373 e. The predicted molar refractivity (Wildman–Crippen MR) is 137 cm³/mol. The van der Waals surface area contributed by atoms with Gasteiger partial charge >= 0.3 is 6.18 Å². The molecule has 2 unspecified atom stereocenters. The maximum Gasteiger partial charge on any atom is 0.412 e. The quantitative estimate of drug-likeness (QED) is 0.251. The van der Waals surface area contributed by atoms with Crippen LogP contribution in [-0.2, 0) is 4.74 Å². The zero-order valence-corrected chi connectivity index (χ0v) is 21.9. The highest BCUT2D eigenvalue weighted by molar-refractivity contribution is 5.27. The van der Waals surface area contributed by atoms with E-state index >= 15 is 0 Å². The predicted octanol–water partition coefficient (Wildman–Crippen LogP) is 10.2. The van der Waals surface area contributed by atoms with Crippen LogP contribution in [0.25, 0.3) is 0 Å². The zero-order chi connectivity index (χ0) is 25.5. The summed E-state index contributed by atoms with van der Waals surface area (Å²) < 4.78 is 57.6. The second kappa shape index (κ2) is 12.9. The fourth-order valence-corrected chi connectivity index (χ4v) is 7.03. The van der Waals surface area contributed by atoms with E-state index in [2.05, 4.69) is 31.2 Å². The molecule has 1 heterocycles. The van der Waals surface area contributed by atoms with Gasteiger partial charge in [-0.3, -0.25) is 0 Å². The minimum absolute atomic E-state index is 0.139. The van der Waals surface area contributed by atoms with Crippen LogP contribution in [0.4, 0.5) is 17.6 Å². The molecular weight excluding hydrogens is 464 g/mol. The normalized spacial score (nSPS) is 32.4. The summed E-state index contributed by atoms with van der Waals surface area (Å²) in [6.07, 6.45) is 10.7. The van der Waals surface area contributed by atoms with E-state index in [1.807, 2.05) is 0 Å².